The van der Waals surface area contributed by atoms with Crippen LogP contribution in [-0.4, -0.2) is 29.5 Å². The summed E-state index contributed by atoms with van der Waals surface area (Å²) in [5.41, 5.74) is 6.82. The minimum atomic E-state index is -0.173. The lowest BCUT2D eigenvalue weighted by molar-refractivity contribution is 0.0953. The van der Waals surface area contributed by atoms with Crippen LogP contribution >= 0.6 is 11.6 Å². The molecule has 0 bridgehead atoms. The first-order chi connectivity index (χ1) is 8.90. The van der Waals surface area contributed by atoms with E-state index in [4.69, 9.17) is 17.3 Å². The number of pyridine rings is 1. The fraction of sp³-hybridized carbons (Fsp3) is 0.538. The Hall–Kier alpha value is -1.33. The van der Waals surface area contributed by atoms with Crippen molar-refractivity contribution in [1.82, 2.24) is 10.3 Å². The molecule has 0 saturated carbocycles. The smallest absolute Gasteiger partial charge is 0.254 e. The SMILES string of the molecule is CC(N)CCNC(=O)c1cnc(Cl)cc1NC(C)C. The highest BCUT2D eigenvalue weighted by atomic mass is 35.5. The molecular weight excluding hydrogens is 264 g/mol. The van der Waals surface area contributed by atoms with Crippen LogP contribution in [0, 0.1) is 0 Å². The third-order valence-electron chi connectivity index (χ3n) is 2.44. The number of halogens is 1. The van der Waals surface area contributed by atoms with Gasteiger partial charge in [0.15, 0.2) is 0 Å². The highest BCUT2D eigenvalue weighted by Gasteiger charge is 2.13. The van der Waals surface area contributed by atoms with Crippen LogP contribution in [-0.2, 0) is 0 Å². The Balaban J connectivity index is 2.77. The normalized spacial score (nSPS) is 12.3. The average molecular weight is 285 g/mol. The first kappa shape index (κ1) is 15.7. The van der Waals surface area contributed by atoms with Crippen LogP contribution in [0.4, 0.5) is 5.69 Å². The summed E-state index contributed by atoms with van der Waals surface area (Å²) in [4.78, 5) is 16.0. The van der Waals surface area contributed by atoms with Crippen molar-refractivity contribution >= 4 is 23.2 Å². The van der Waals surface area contributed by atoms with Gasteiger partial charge in [0.05, 0.1) is 11.3 Å². The van der Waals surface area contributed by atoms with E-state index in [0.717, 1.165) is 6.42 Å². The molecule has 0 spiro atoms. The van der Waals surface area contributed by atoms with Crippen LogP contribution in [0.15, 0.2) is 12.3 Å². The standard InChI is InChI=1S/C13H21ClN4O/c1-8(2)18-11-6-12(14)17-7-10(11)13(19)16-5-4-9(3)15/h6-9H,4-5,15H2,1-3H3,(H,16,19)(H,17,18). The molecule has 4 N–H and O–H groups in total. The van der Waals surface area contributed by atoms with E-state index in [0.29, 0.717) is 22.9 Å². The lowest BCUT2D eigenvalue weighted by Gasteiger charge is -2.15. The van der Waals surface area contributed by atoms with Gasteiger partial charge in [0.1, 0.15) is 5.15 Å². The maximum absolute atomic E-state index is 12.1. The van der Waals surface area contributed by atoms with Crippen LogP contribution in [0.25, 0.3) is 0 Å². The first-order valence-electron chi connectivity index (χ1n) is 6.36. The van der Waals surface area contributed by atoms with Crippen molar-refractivity contribution in [2.75, 3.05) is 11.9 Å². The van der Waals surface area contributed by atoms with Gasteiger partial charge in [-0.05, 0) is 33.3 Å². The minimum Gasteiger partial charge on any atom is -0.382 e. The molecule has 5 nitrogen and oxygen atoms in total. The van der Waals surface area contributed by atoms with E-state index in [1.165, 1.54) is 6.20 Å². The second-order valence-electron chi connectivity index (χ2n) is 4.87. The Morgan fingerprint density at radius 3 is 2.74 bits per heavy atom. The summed E-state index contributed by atoms with van der Waals surface area (Å²) in [7, 11) is 0. The predicted octanol–water partition coefficient (Wildman–Crippen LogP) is 2.02. The van der Waals surface area contributed by atoms with Crippen molar-refractivity contribution < 1.29 is 4.79 Å². The van der Waals surface area contributed by atoms with Crippen molar-refractivity contribution in [3.63, 3.8) is 0 Å². The number of nitrogens with one attached hydrogen (secondary N) is 2. The number of nitrogens with zero attached hydrogens (tertiary/aromatic N) is 1. The highest BCUT2D eigenvalue weighted by Crippen LogP contribution is 2.19. The summed E-state index contributed by atoms with van der Waals surface area (Å²) < 4.78 is 0. The van der Waals surface area contributed by atoms with Gasteiger partial charge in [0.2, 0.25) is 0 Å². The Kier molecular flexibility index (Phi) is 6.05. The van der Waals surface area contributed by atoms with Gasteiger partial charge in [-0.25, -0.2) is 4.98 Å². The summed E-state index contributed by atoms with van der Waals surface area (Å²) in [5.74, 6) is -0.173. The maximum atomic E-state index is 12.1. The van der Waals surface area contributed by atoms with Crippen molar-refractivity contribution in [1.29, 1.82) is 0 Å². The number of nitrogens with two attached hydrogens (primary N) is 1. The molecule has 0 fully saturated rings. The van der Waals surface area contributed by atoms with Crippen molar-refractivity contribution in [3.8, 4) is 0 Å². The van der Waals surface area contributed by atoms with E-state index in [2.05, 4.69) is 15.6 Å². The van der Waals surface area contributed by atoms with Crippen LogP contribution < -0.4 is 16.4 Å². The molecule has 0 aliphatic heterocycles. The average Bonchev–Trinajstić information content (AvgIpc) is 2.27. The number of amides is 1. The fourth-order valence-electron chi connectivity index (χ4n) is 1.55. The summed E-state index contributed by atoms with van der Waals surface area (Å²) in [5, 5.41) is 6.36. The lowest BCUT2D eigenvalue weighted by Crippen LogP contribution is -2.30. The van der Waals surface area contributed by atoms with Gasteiger partial charge >= 0.3 is 0 Å². The van der Waals surface area contributed by atoms with Crippen LogP contribution in [0.3, 0.4) is 0 Å². The van der Waals surface area contributed by atoms with Crippen molar-refractivity contribution in [2.24, 2.45) is 5.73 Å². The van der Waals surface area contributed by atoms with E-state index in [9.17, 15) is 4.79 Å². The third kappa shape index (κ3) is 5.44. The first-order valence-corrected chi connectivity index (χ1v) is 6.73. The van der Waals surface area contributed by atoms with Gasteiger partial charge in [0.25, 0.3) is 5.91 Å². The van der Waals surface area contributed by atoms with Crippen LogP contribution in [0.5, 0.6) is 0 Å². The van der Waals surface area contributed by atoms with E-state index in [1.54, 1.807) is 6.07 Å². The zero-order valence-corrected chi connectivity index (χ0v) is 12.3. The molecule has 1 aromatic rings. The van der Waals surface area contributed by atoms with Gasteiger partial charge in [-0.2, -0.15) is 0 Å². The van der Waals surface area contributed by atoms with Crippen molar-refractivity contribution in [2.45, 2.75) is 39.3 Å². The van der Waals surface area contributed by atoms with Gasteiger partial charge in [0, 0.05) is 24.8 Å². The number of rotatable bonds is 6. The topological polar surface area (TPSA) is 80.0 Å². The zero-order valence-electron chi connectivity index (χ0n) is 11.5. The van der Waals surface area contributed by atoms with Gasteiger partial charge in [-0.3, -0.25) is 4.79 Å². The molecule has 1 atom stereocenters. The van der Waals surface area contributed by atoms with E-state index < -0.39 is 0 Å². The molecule has 19 heavy (non-hydrogen) atoms. The minimum absolute atomic E-state index is 0.0666. The second kappa shape index (κ2) is 7.31. The highest BCUT2D eigenvalue weighted by molar-refractivity contribution is 6.29. The Morgan fingerprint density at radius 1 is 1.47 bits per heavy atom. The molecule has 1 rings (SSSR count). The number of anilines is 1. The van der Waals surface area contributed by atoms with E-state index in [-0.39, 0.29) is 18.0 Å². The number of hydrogen-bond acceptors (Lipinski definition) is 4. The molecule has 106 valence electrons. The number of aromatic nitrogens is 1. The Morgan fingerprint density at radius 2 is 2.16 bits per heavy atom. The zero-order chi connectivity index (χ0) is 14.4. The summed E-state index contributed by atoms with van der Waals surface area (Å²) in [6.45, 7) is 6.43. The number of carbonyl (C=O) groups is 1. The largest absolute Gasteiger partial charge is 0.382 e. The molecule has 0 saturated heterocycles. The summed E-state index contributed by atoms with van der Waals surface area (Å²) >= 11 is 5.85. The Labute approximate surface area is 118 Å². The molecule has 0 aliphatic carbocycles. The van der Waals surface area contributed by atoms with Crippen LogP contribution in [0.1, 0.15) is 37.6 Å². The quantitative estimate of drug-likeness (QED) is 0.698. The van der Waals surface area contributed by atoms with Gasteiger partial charge in [-0.1, -0.05) is 11.6 Å². The maximum Gasteiger partial charge on any atom is 0.254 e. The molecule has 0 radical (unpaired) electrons. The third-order valence-corrected chi connectivity index (χ3v) is 2.65. The molecular formula is C13H21ClN4O. The number of carbonyl (C=O) groups excluding carboxylic acids is 1. The summed E-state index contributed by atoms with van der Waals surface area (Å²) in [6.07, 6.45) is 2.22. The molecule has 6 heteroatoms. The molecule has 0 aliphatic rings. The fourth-order valence-corrected chi connectivity index (χ4v) is 1.71. The van der Waals surface area contributed by atoms with Gasteiger partial charge in [-0.15, -0.1) is 0 Å². The molecule has 0 aromatic carbocycles. The van der Waals surface area contributed by atoms with E-state index in [1.807, 2.05) is 20.8 Å². The lowest BCUT2D eigenvalue weighted by atomic mass is 10.2. The second-order valence-corrected chi connectivity index (χ2v) is 5.26. The number of hydrogen-bond donors (Lipinski definition) is 3. The molecule has 1 heterocycles. The molecule has 1 aromatic heterocycles. The van der Waals surface area contributed by atoms with Crippen molar-refractivity contribution in [3.05, 3.63) is 23.0 Å². The summed E-state index contributed by atoms with van der Waals surface area (Å²) in [6, 6.07) is 1.92. The Bertz CT molecular complexity index is 435. The monoisotopic (exact) mass is 284 g/mol. The molecule has 1 amide bonds. The van der Waals surface area contributed by atoms with Gasteiger partial charge < -0.3 is 16.4 Å². The van der Waals surface area contributed by atoms with Crippen LogP contribution in [0.2, 0.25) is 5.15 Å². The predicted molar refractivity (Wildman–Crippen MR) is 78.6 cm³/mol. The molecule has 1 unspecified atom stereocenters. The van der Waals surface area contributed by atoms with E-state index >= 15 is 0 Å².